The van der Waals surface area contributed by atoms with Crippen LogP contribution in [0.2, 0.25) is 0 Å². The lowest BCUT2D eigenvalue weighted by molar-refractivity contribution is 0.0951. The summed E-state index contributed by atoms with van der Waals surface area (Å²) in [7, 11) is -3.85. The van der Waals surface area contributed by atoms with E-state index in [-0.39, 0.29) is 16.8 Å². The molecule has 27 heavy (non-hydrogen) atoms. The Balaban J connectivity index is 1.60. The molecule has 1 aliphatic carbocycles. The van der Waals surface area contributed by atoms with Crippen molar-refractivity contribution in [3.8, 4) is 5.75 Å². The van der Waals surface area contributed by atoms with E-state index in [1.165, 1.54) is 6.07 Å². The Hall–Kier alpha value is -2.54. The Morgan fingerprint density at radius 1 is 1.15 bits per heavy atom. The highest BCUT2D eigenvalue weighted by atomic mass is 32.2. The van der Waals surface area contributed by atoms with Gasteiger partial charge in [0, 0.05) is 23.7 Å². The predicted octanol–water partition coefficient (Wildman–Crippen LogP) is 3.09. The molecule has 1 fully saturated rings. The van der Waals surface area contributed by atoms with Crippen LogP contribution in [0.3, 0.4) is 0 Å². The van der Waals surface area contributed by atoms with Crippen LogP contribution in [0.4, 0.5) is 5.69 Å². The van der Waals surface area contributed by atoms with Crippen LogP contribution >= 0.6 is 0 Å². The van der Waals surface area contributed by atoms with E-state index in [4.69, 9.17) is 4.74 Å². The van der Waals surface area contributed by atoms with Gasteiger partial charge in [0.15, 0.2) is 0 Å². The Bertz CT molecular complexity index is 1010. The number of sulfonamides is 1. The minimum Gasteiger partial charge on any atom is -0.486 e. The number of para-hydroxylation sites is 1. The average Bonchev–Trinajstić information content (AvgIpc) is 3.33. The molecule has 6 nitrogen and oxygen atoms in total. The molecule has 0 unspecified atom stereocenters. The number of fused-ring (bicyclic) bond motifs is 1. The Morgan fingerprint density at radius 3 is 2.63 bits per heavy atom. The summed E-state index contributed by atoms with van der Waals surface area (Å²) in [5.41, 5.74) is 1.21. The van der Waals surface area contributed by atoms with E-state index in [2.05, 4.69) is 10.0 Å². The summed E-state index contributed by atoms with van der Waals surface area (Å²) < 4.78 is 34.3. The molecule has 2 aliphatic rings. The molecule has 2 N–H and O–H groups in total. The number of hydrogen-bond acceptors (Lipinski definition) is 4. The predicted molar refractivity (Wildman–Crippen MR) is 103 cm³/mol. The molecule has 1 aliphatic heterocycles. The first kappa shape index (κ1) is 17.9. The highest BCUT2D eigenvalue weighted by molar-refractivity contribution is 7.92. The van der Waals surface area contributed by atoms with E-state index >= 15 is 0 Å². The molecule has 0 atom stereocenters. The van der Waals surface area contributed by atoms with Crippen LogP contribution in [-0.4, -0.2) is 26.0 Å². The lowest BCUT2D eigenvalue weighted by Crippen LogP contribution is -2.25. The summed E-state index contributed by atoms with van der Waals surface area (Å²) in [6, 6.07) is 11.9. The molecule has 2 aromatic carbocycles. The number of hydrogen-bond donors (Lipinski definition) is 2. The number of amides is 1. The minimum absolute atomic E-state index is 0.110. The summed E-state index contributed by atoms with van der Waals surface area (Å²) in [5, 5.41) is 2.90. The van der Waals surface area contributed by atoms with Crippen LogP contribution in [0.1, 0.15) is 42.6 Å². The largest absolute Gasteiger partial charge is 0.486 e. The Morgan fingerprint density at radius 2 is 1.89 bits per heavy atom. The van der Waals surface area contributed by atoms with Crippen LogP contribution in [0.5, 0.6) is 5.75 Å². The fraction of sp³-hybridized carbons (Fsp3) is 0.350. The van der Waals surface area contributed by atoms with Crippen molar-refractivity contribution in [2.75, 3.05) is 4.72 Å². The zero-order chi connectivity index (χ0) is 19.2. The molecule has 142 valence electrons. The van der Waals surface area contributed by atoms with Crippen molar-refractivity contribution >= 4 is 21.6 Å². The molecule has 0 aromatic heterocycles. The number of rotatable bonds is 5. The molecule has 0 bridgehead atoms. The SMILES string of the molecule is CC1(C)Cc2cccc(S(=O)(=O)Nc3cccc(C(=O)NC4CC4)c3)c2O1. The first-order valence-corrected chi connectivity index (χ1v) is 10.5. The quantitative estimate of drug-likeness (QED) is 0.827. The Labute approximate surface area is 159 Å². The zero-order valence-corrected chi connectivity index (χ0v) is 16.1. The third kappa shape index (κ3) is 3.78. The number of carbonyl (C=O) groups excluding carboxylic acids is 1. The maximum Gasteiger partial charge on any atom is 0.265 e. The number of ether oxygens (including phenoxy) is 1. The van der Waals surface area contributed by atoms with Crippen molar-refractivity contribution < 1.29 is 17.9 Å². The van der Waals surface area contributed by atoms with Gasteiger partial charge in [-0.1, -0.05) is 18.2 Å². The topological polar surface area (TPSA) is 84.5 Å². The Kier molecular flexibility index (Phi) is 4.14. The van der Waals surface area contributed by atoms with Crippen molar-refractivity contribution in [2.45, 2.75) is 49.6 Å². The van der Waals surface area contributed by atoms with Crippen LogP contribution < -0.4 is 14.8 Å². The fourth-order valence-electron chi connectivity index (χ4n) is 3.23. The minimum atomic E-state index is -3.85. The second-order valence-electron chi connectivity index (χ2n) is 7.72. The molecule has 1 saturated carbocycles. The van der Waals surface area contributed by atoms with Crippen molar-refractivity contribution in [1.82, 2.24) is 5.32 Å². The van der Waals surface area contributed by atoms with Gasteiger partial charge in [-0.2, -0.15) is 0 Å². The van der Waals surface area contributed by atoms with Crippen molar-refractivity contribution in [3.05, 3.63) is 53.6 Å². The highest BCUT2D eigenvalue weighted by Gasteiger charge is 2.35. The first-order valence-electron chi connectivity index (χ1n) is 8.98. The van der Waals surface area contributed by atoms with E-state index in [1.807, 2.05) is 19.9 Å². The van der Waals surface area contributed by atoms with Gasteiger partial charge in [-0.3, -0.25) is 9.52 Å². The third-order valence-electron chi connectivity index (χ3n) is 4.63. The molecule has 0 radical (unpaired) electrons. The molecule has 1 amide bonds. The summed E-state index contributed by atoms with van der Waals surface area (Å²) in [5.74, 6) is 0.210. The maximum absolute atomic E-state index is 12.9. The normalized spacial score (nSPS) is 17.7. The summed E-state index contributed by atoms with van der Waals surface area (Å²) in [6.45, 7) is 3.86. The molecule has 0 spiro atoms. The second-order valence-corrected chi connectivity index (χ2v) is 9.37. The second kappa shape index (κ2) is 6.27. The zero-order valence-electron chi connectivity index (χ0n) is 15.3. The smallest absolute Gasteiger partial charge is 0.265 e. The van der Waals surface area contributed by atoms with Gasteiger partial charge in [-0.15, -0.1) is 0 Å². The van der Waals surface area contributed by atoms with E-state index in [1.54, 1.807) is 30.3 Å². The van der Waals surface area contributed by atoms with Gasteiger partial charge in [0.05, 0.1) is 0 Å². The molecule has 0 saturated heterocycles. The van der Waals surface area contributed by atoms with Crippen molar-refractivity contribution in [3.63, 3.8) is 0 Å². The first-order chi connectivity index (χ1) is 12.7. The van der Waals surface area contributed by atoms with E-state index in [0.717, 1.165) is 18.4 Å². The van der Waals surface area contributed by atoms with Gasteiger partial charge < -0.3 is 10.1 Å². The number of anilines is 1. The molecule has 4 rings (SSSR count). The molecule has 2 aromatic rings. The van der Waals surface area contributed by atoms with Gasteiger partial charge in [-0.05, 0) is 56.5 Å². The van der Waals surface area contributed by atoms with Gasteiger partial charge >= 0.3 is 0 Å². The number of carbonyl (C=O) groups is 1. The number of benzene rings is 2. The van der Waals surface area contributed by atoms with Crippen LogP contribution in [0, 0.1) is 0 Å². The summed E-state index contributed by atoms with van der Waals surface area (Å²) >= 11 is 0. The monoisotopic (exact) mass is 386 g/mol. The standard InChI is InChI=1S/C20H22N2O4S/c1-20(2)12-14-6-4-8-17(18(14)26-20)27(24,25)22-16-7-3-5-13(11-16)19(23)21-15-9-10-15/h3-8,11,15,22H,9-10,12H2,1-2H3,(H,21,23). The average molecular weight is 386 g/mol. The molecule has 7 heteroatoms. The van der Waals surface area contributed by atoms with Gasteiger partial charge in [-0.25, -0.2) is 8.42 Å². The van der Waals surface area contributed by atoms with Crippen molar-refractivity contribution in [2.24, 2.45) is 0 Å². The van der Waals surface area contributed by atoms with Gasteiger partial charge in [0.25, 0.3) is 15.9 Å². The van der Waals surface area contributed by atoms with Gasteiger partial charge in [0.1, 0.15) is 16.2 Å². The lowest BCUT2D eigenvalue weighted by atomic mass is 10.0. The molecular formula is C20H22N2O4S. The van der Waals surface area contributed by atoms with Crippen molar-refractivity contribution in [1.29, 1.82) is 0 Å². The van der Waals surface area contributed by atoms with Crippen LogP contribution in [0.25, 0.3) is 0 Å². The van der Waals surface area contributed by atoms with E-state index < -0.39 is 15.6 Å². The van der Waals surface area contributed by atoms with E-state index in [0.29, 0.717) is 23.4 Å². The highest BCUT2D eigenvalue weighted by Crippen LogP contribution is 2.40. The summed E-state index contributed by atoms with van der Waals surface area (Å²) in [6.07, 6.45) is 2.64. The summed E-state index contributed by atoms with van der Waals surface area (Å²) in [4.78, 5) is 12.3. The maximum atomic E-state index is 12.9. The molecular weight excluding hydrogens is 364 g/mol. The van der Waals surface area contributed by atoms with Gasteiger partial charge in [0.2, 0.25) is 0 Å². The molecule has 1 heterocycles. The third-order valence-corrected chi connectivity index (χ3v) is 6.04. The van der Waals surface area contributed by atoms with Crippen LogP contribution in [-0.2, 0) is 16.4 Å². The number of nitrogens with one attached hydrogen (secondary N) is 2. The lowest BCUT2D eigenvalue weighted by Gasteiger charge is -2.18. The van der Waals surface area contributed by atoms with E-state index in [9.17, 15) is 13.2 Å². The fourth-order valence-corrected chi connectivity index (χ4v) is 4.45. The van der Waals surface area contributed by atoms with Crippen LogP contribution in [0.15, 0.2) is 47.4 Å².